The number of benzene rings is 2. The molecule has 1 amide bonds. The fraction of sp³-hybridized carbons (Fsp3) is 0.133. The van der Waals surface area contributed by atoms with Gasteiger partial charge < -0.3 is 10.1 Å². The number of amides is 1. The van der Waals surface area contributed by atoms with Gasteiger partial charge in [-0.3, -0.25) is 4.79 Å². The van der Waals surface area contributed by atoms with Gasteiger partial charge in [-0.15, -0.1) is 0 Å². The van der Waals surface area contributed by atoms with E-state index in [9.17, 15) is 4.79 Å². The second-order valence-corrected chi connectivity index (χ2v) is 5.56. The molecule has 110 valence electrons. The zero-order valence-corrected chi connectivity index (χ0v) is 13.4. The first-order chi connectivity index (χ1) is 10.0. The van der Waals surface area contributed by atoms with Crippen LogP contribution in [-0.2, 0) is 11.3 Å². The Morgan fingerprint density at radius 3 is 2.52 bits per heavy atom. The van der Waals surface area contributed by atoms with E-state index >= 15 is 0 Å². The number of anilines is 1. The third-order valence-corrected chi connectivity index (χ3v) is 3.79. The summed E-state index contributed by atoms with van der Waals surface area (Å²) < 4.78 is 5.04. The van der Waals surface area contributed by atoms with Crippen LogP contribution in [0.5, 0.6) is 0 Å². The number of rotatable bonds is 4. The van der Waals surface area contributed by atoms with E-state index in [1.807, 2.05) is 6.07 Å². The van der Waals surface area contributed by atoms with Gasteiger partial charge in [0.2, 0.25) is 0 Å². The molecule has 21 heavy (non-hydrogen) atoms. The quantitative estimate of drug-likeness (QED) is 0.789. The van der Waals surface area contributed by atoms with Crippen molar-refractivity contribution < 1.29 is 9.53 Å². The predicted octanol–water partition coefficient (Wildman–Crippen LogP) is 5.05. The van der Waals surface area contributed by atoms with Crippen molar-refractivity contribution >= 4 is 46.4 Å². The van der Waals surface area contributed by atoms with Gasteiger partial charge in [-0.05, 0) is 29.8 Å². The van der Waals surface area contributed by atoms with Gasteiger partial charge in [0.1, 0.15) is 0 Å². The van der Waals surface area contributed by atoms with Gasteiger partial charge in [0, 0.05) is 12.7 Å². The Bertz CT molecular complexity index is 674. The van der Waals surface area contributed by atoms with Crippen molar-refractivity contribution in [3.63, 3.8) is 0 Å². The van der Waals surface area contributed by atoms with Crippen LogP contribution in [0.4, 0.5) is 5.69 Å². The summed E-state index contributed by atoms with van der Waals surface area (Å²) in [5.74, 6) is -0.284. The molecule has 2 aromatic carbocycles. The maximum absolute atomic E-state index is 12.2. The fourth-order valence-electron chi connectivity index (χ4n) is 1.78. The van der Waals surface area contributed by atoms with Crippen LogP contribution in [0.15, 0.2) is 36.4 Å². The SMILES string of the molecule is COCc1cccc(C(=O)Nc2cc(Cl)c(Cl)cc2Cl)c1. The smallest absolute Gasteiger partial charge is 0.255 e. The molecule has 0 fully saturated rings. The molecular formula is C15H12Cl3NO2. The number of methoxy groups -OCH3 is 1. The Balaban J connectivity index is 2.22. The van der Waals surface area contributed by atoms with E-state index in [4.69, 9.17) is 39.5 Å². The van der Waals surface area contributed by atoms with Gasteiger partial charge in [-0.25, -0.2) is 0 Å². The monoisotopic (exact) mass is 343 g/mol. The molecule has 0 aromatic heterocycles. The molecule has 2 rings (SSSR count). The molecular weight excluding hydrogens is 333 g/mol. The number of hydrogen-bond donors (Lipinski definition) is 1. The Labute approximate surface area is 137 Å². The summed E-state index contributed by atoms with van der Waals surface area (Å²) in [5.41, 5.74) is 1.82. The lowest BCUT2D eigenvalue weighted by Gasteiger charge is -2.09. The van der Waals surface area contributed by atoms with Crippen LogP contribution < -0.4 is 5.32 Å². The third-order valence-electron chi connectivity index (χ3n) is 2.76. The van der Waals surface area contributed by atoms with Crippen molar-refractivity contribution in [2.45, 2.75) is 6.61 Å². The minimum atomic E-state index is -0.284. The summed E-state index contributed by atoms with van der Waals surface area (Å²) in [5, 5.41) is 3.69. The summed E-state index contributed by atoms with van der Waals surface area (Å²) in [6, 6.07) is 10.1. The Hall–Kier alpha value is -1.26. The van der Waals surface area contributed by atoms with E-state index in [2.05, 4.69) is 5.32 Å². The van der Waals surface area contributed by atoms with Crippen LogP contribution in [0.2, 0.25) is 15.1 Å². The lowest BCUT2D eigenvalue weighted by atomic mass is 10.1. The summed E-state index contributed by atoms with van der Waals surface area (Å²) >= 11 is 17.8. The lowest BCUT2D eigenvalue weighted by molar-refractivity contribution is 0.102. The Morgan fingerprint density at radius 1 is 1.10 bits per heavy atom. The van der Waals surface area contributed by atoms with Crippen molar-refractivity contribution in [3.05, 3.63) is 62.6 Å². The van der Waals surface area contributed by atoms with Crippen molar-refractivity contribution in [3.8, 4) is 0 Å². The highest BCUT2D eigenvalue weighted by Crippen LogP contribution is 2.32. The molecule has 0 bridgehead atoms. The Kier molecular flexibility index (Phi) is 5.48. The third kappa shape index (κ3) is 4.11. The molecule has 0 radical (unpaired) electrons. The number of hydrogen-bond acceptors (Lipinski definition) is 2. The first-order valence-electron chi connectivity index (χ1n) is 6.05. The average molecular weight is 345 g/mol. The highest BCUT2D eigenvalue weighted by atomic mass is 35.5. The van der Waals surface area contributed by atoms with Crippen molar-refractivity contribution in [1.29, 1.82) is 0 Å². The maximum Gasteiger partial charge on any atom is 0.255 e. The topological polar surface area (TPSA) is 38.3 Å². The molecule has 2 aromatic rings. The first kappa shape index (κ1) is 16.1. The Morgan fingerprint density at radius 2 is 1.81 bits per heavy atom. The second kappa shape index (κ2) is 7.14. The highest BCUT2D eigenvalue weighted by Gasteiger charge is 2.11. The molecule has 0 saturated carbocycles. The van der Waals surface area contributed by atoms with E-state index < -0.39 is 0 Å². The average Bonchev–Trinajstić information content (AvgIpc) is 2.45. The number of ether oxygens (including phenoxy) is 1. The van der Waals surface area contributed by atoms with Gasteiger partial charge in [0.25, 0.3) is 5.91 Å². The van der Waals surface area contributed by atoms with Crippen LogP contribution in [-0.4, -0.2) is 13.0 Å². The minimum Gasteiger partial charge on any atom is -0.380 e. The maximum atomic E-state index is 12.2. The molecule has 0 spiro atoms. The van der Waals surface area contributed by atoms with Gasteiger partial charge in [-0.2, -0.15) is 0 Å². The van der Waals surface area contributed by atoms with Crippen molar-refractivity contribution in [1.82, 2.24) is 0 Å². The van der Waals surface area contributed by atoms with Crippen LogP contribution in [0.3, 0.4) is 0 Å². The fourth-order valence-corrected chi connectivity index (χ4v) is 2.38. The highest BCUT2D eigenvalue weighted by molar-refractivity contribution is 6.44. The number of nitrogens with one attached hydrogen (secondary N) is 1. The van der Waals surface area contributed by atoms with E-state index in [0.29, 0.717) is 32.9 Å². The molecule has 0 atom stereocenters. The molecule has 6 heteroatoms. The van der Waals surface area contributed by atoms with Gasteiger partial charge >= 0.3 is 0 Å². The molecule has 0 aliphatic heterocycles. The molecule has 0 aliphatic rings. The molecule has 0 unspecified atom stereocenters. The summed E-state index contributed by atoms with van der Waals surface area (Å²) in [4.78, 5) is 12.2. The zero-order valence-electron chi connectivity index (χ0n) is 11.1. The van der Waals surface area contributed by atoms with Gasteiger partial charge in [0.15, 0.2) is 0 Å². The molecule has 3 nitrogen and oxygen atoms in total. The van der Waals surface area contributed by atoms with Crippen LogP contribution in [0.1, 0.15) is 15.9 Å². The number of carbonyl (C=O) groups excluding carboxylic acids is 1. The van der Waals surface area contributed by atoms with E-state index in [1.165, 1.54) is 12.1 Å². The van der Waals surface area contributed by atoms with Crippen molar-refractivity contribution in [2.24, 2.45) is 0 Å². The lowest BCUT2D eigenvalue weighted by Crippen LogP contribution is -2.12. The summed E-state index contributed by atoms with van der Waals surface area (Å²) in [6.45, 7) is 0.439. The predicted molar refractivity (Wildman–Crippen MR) is 86.6 cm³/mol. The van der Waals surface area contributed by atoms with Crippen LogP contribution in [0.25, 0.3) is 0 Å². The number of halogens is 3. The first-order valence-corrected chi connectivity index (χ1v) is 7.18. The summed E-state index contributed by atoms with van der Waals surface area (Å²) in [6.07, 6.45) is 0. The van der Waals surface area contributed by atoms with Gasteiger partial charge in [-0.1, -0.05) is 46.9 Å². The minimum absolute atomic E-state index is 0.284. The van der Waals surface area contributed by atoms with Crippen LogP contribution >= 0.6 is 34.8 Å². The van der Waals surface area contributed by atoms with Gasteiger partial charge in [0.05, 0.1) is 27.4 Å². The molecule has 0 saturated heterocycles. The normalized spacial score (nSPS) is 10.5. The zero-order chi connectivity index (χ0) is 15.4. The largest absolute Gasteiger partial charge is 0.380 e. The summed E-state index contributed by atoms with van der Waals surface area (Å²) in [7, 11) is 1.60. The van der Waals surface area contributed by atoms with Crippen LogP contribution in [0, 0.1) is 0 Å². The molecule has 0 aliphatic carbocycles. The second-order valence-electron chi connectivity index (χ2n) is 4.33. The van der Waals surface area contributed by atoms with Crippen molar-refractivity contribution in [2.75, 3.05) is 12.4 Å². The number of carbonyl (C=O) groups is 1. The van der Waals surface area contributed by atoms with E-state index in [0.717, 1.165) is 5.56 Å². The van der Waals surface area contributed by atoms with E-state index in [-0.39, 0.29) is 5.91 Å². The standard InChI is InChI=1S/C15H12Cl3NO2/c1-21-8-9-3-2-4-10(5-9)15(20)19-14-7-12(17)11(16)6-13(14)18/h2-7H,8H2,1H3,(H,19,20). The molecule has 1 N–H and O–H groups in total. The van der Waals surface area contributed by atoms with E-state index in [1.54, 1.807) is 25.3 Å². The molecule has 0 heterocycles.